The minimum Gasteiger partial charge on any atom is -0.507 e. The van der Waals surface area contributed by atoms with Crippen molar-refractivity contribution in [2.75, 3.05) is 23.7 Å². The van der Waals surface area contributed by atoms with E-state index in [0.29, 0.717) is 16.9 Å². The van der Waals surface area contributed by atoms with Crippen molar-refractivity contribution in [3.8, 4) is 28.3 Å². The first-order valence-electron chi connectivity index (χ1n) is 14.2. The number of piperazine rings is 1. The first kappa shape index (κ1) is 29.6. The molecule has 1 saturated heterocycles. The molecule has 0 radical (unpaired) electrons. The van der Waals surface area contributed by atoms with Crippen LogP contribution in [0, 0.1) is 18.6 Å². The maximum atomic E-state index is 17.2. The van der Waals surface area contributed by atoms with Crippen LogP contribution in [-0.4, -0.2) is 66.5 Å². The molecule has 0 saturated carbocycles. The van der Waals surface area contributed by atoms with Gasteiger partial charge in [-0.1, -0.05) is 26.5 Å². The molecular weight excluding hydrogens is 588 g/mol. The molecule has 2 aromatic heterocycles. The Morgan fingerprint density at radius 3 is 2.50 bits per heavy atom. The van der Waals surface area contributed by atoms with E-state index < -0.39 is 40.0 Å². The number of aryl methyl sites for hydroxylation is 1. The molecule has 2 unspecified atom stereocenters. The number of nitrogens with zero attached hydrogens (tertiary/aromatic N) is 5. The maximum absolute atomic E-state index is 17.2. The quantitative estimate of drug-likeness (QED) is 0.298. The summed E-state index contributed by atoms with van der Waals surface area (Å²) < 4.78 is 35.0. The summed E-state index contributed by atoms with van der Waals surface area (Å²) in [6, 6.07) is 4.82. The van der Waals surface area contributed by atoms with E-state index in [0.717, 1.165) is 16.3 Å². The van der Waals surface area contributed by atoms with Gasteiger partial charge in [-0.25, -0.2) is 13.6 Å². The molecule has 1 fully saturated rings. The molecule has 2 atom stereocenters. The van der Waals surface area contributed by atoms with Gasteiger partial charge in [0, 0.05) is 31.1 Å². The number of aromatic hydroxyl groups is 2. The fourth-order valence-electron chi connectivity index (χ4n) is 6.25. The number of rotatable bonds is 4. The molecule has 1 amide bonds. The number of carbonyl (C=O) groups excluding carboxylic acids is 1. The molecule has 12 heteroatoms. The Morgan fingerprint density at radius 1 is 1.14 bits per heavy atom. The summed E-state index contributed by atoms with van der Waals surface area (Å²) in [5.74, 6) is -3.20. The fraction of sp³-hybridized carbons (Fsp3) is 0.312. The van der Waals surface area contributed by atoms with E-state index in [4.69, 9.17) is 0 Å². The summed E-state index contributed by atoms with van der Waals surface area (Å²) in [5.41, 5.74) is -0.643. The molecule has 0 bridgehead atoms. The molecule has 0 aliphatic carbocycles. The zero-order valence-corrected chi connectivity index (χ0v) is 25.5. The van der Waals surface area contributed by atoms with Crippen molar-refractivity contribution >= 4 is 34.4 Å². The topological polar surface area (TPSA) is 112 Å². The number of phenolic OH excluding ortho intramolecular Hbond substituents is 2. The van der Waals surface area contributed by atoms with Crippen LogP contribution in [0.4, 0.5) is 14.6 Å². The van der Waals surface area contributed by atoms with Gasteiger partial charge >= 0.3 is 5.69 Å². The van der Waals surface area contributed by atoms with Gasteiger partial charge in [0.1, 0.15) is 23.1 Å². The zero-order chi connectivity index (χ0) is 31.6. The van der Waals surface area contributed by atoms with Crippen LogP contribution in [0.1, 0.15) is 37.9 Å². The van der Waals surface area contributed by atoms with Crippen LogP contribution < -0.4 is 10.6 Å². The molecule has 0 spiro atoms. The number of hydrogen-bond donors (Lipinski definition) is 2. The molecule has 2 N–H and O–H groups in total. The normalized spacial score (nSPS) is 18.0. The van der Waals surface area contributed by atoms with Gasteiger partial charge in [0.25, 0.3) is 0 Å². The minimum absolute atomic E-state index is 0.0200. The second kappa shape index (κ2) is 10.9. The zero-order valence-electron chi connectivity index (χ0n) is 24.6. The molecule has 4 heterocycles. The van der Waals surface area contributed by atoms with Crippen molar-refractivity contribution in [3.63, 3.8) is 0 Å². The average molecular weight is 620 g/mol. The lowest BCUT2D eigenvalue weighted by atomic mass is 9.98. The van der Waals surface area contributed by atoms with Crippen LogP contribution in [-0.2, 0) is 4.79 Å². The molecule has 44 heavy (non-hydrogen) atoms. The predicted molar refractivity (Wildman–Crippen MR) is 166 cm³/mol. The van der Waals surface area contributed by atoms with E-state index in [1.54, 1.807) is 24.1 Å². The number of amides is 1. The van der Waals surface area contributed by atoms with Crippen molar-refractivity contribution in [2.24, 2.45) is 0 Å². The lowest BCUT2D eigenvalue weighted by Gasteiger charge is -2.45. The third-order valence-corrected chi connectivity index (χ3v) is 9.56. The molecule has 6 rings (SSSR count). The molecule has 2 aliphatic rings. The number of fused-ring (bicyclic) bond motifs is 2. The monoisotopic (exact) mass is 619 g/mol. The largest absolute Gasteiger partial charge is 0.507 e. The third kappa shape index (κ3) is 4.42. The SMILES string of the molecule is C=CC(=O)N1CC2CSc3c(F)c(-c4c(O)cccc4O)c(F)c4c3c(nc(=O)n4-c3c(C)ccnc3C(C)C)N2CC1C. The van der Waals surface area contributed by atoms with Gasteiger partial charge in [0.15, 0.2) is 5.82 Å². The lowest BCUT2D eigenvalue weighted by Crippen LogP contribution is -2.60. The van der Waals surface area contributed by atoms with Crippen LogP contribution >= 0.6 is 11.8 Å². The second-order valence-electron chi connectivity index (χ2n) is 11.5. The van der Waals surface area contributed by atoms with Crippen molar-refractivity contribution in [3.05, 3.63) is 76.5 Å². The van der Waals surface area contributed by atoms with E-state index in [2.05, 4.69) is 16.5 Å². The predicted octanol–water partition coefficient (Wildman–Crippen LogP) is 5.27. The molecule has 4 aromatic rings. The van der Waals surface area contributed by atoms with Crippen LogP contribution in [0.15, 0.2) is 52.8 Å². The Hall–Kier alpha value is -4.45. The molecule has 228 valence electrons. The third-order valence-electron chi connectivity index (χ3n) is 8.34. The Labute approximate surface area is 256 Å². The standard InChI is InChI=1S/C32H31F2N5O4S/c1-6-21(42)37-13-18-14-44-30-24-29(25(33)23(26(30)34)22-19(40)8-7-9-20(22)41)39(28-16(4)10-11-35-27(28)15(2)3)32(43)36-31(24)38(18)12-17(37)5/h6-11,15,17-18,40-41H,1,12-14H2,2-5H3. The number of anilines is 1. The fourth-order valence-corrected chi connectivity index (χ4v) is 7.45. The molecular formula is C32H31F2N5O4S. The highest BCUT2D eigenvalue weighted by atomic mass is 32.2. The highest BCUT2D eigenvalue weighted by Crippen LogP contribution is 2.49. The van der Waals surface area contributed by atoms with E-state index in [1.807, 2.05) is 25.7 Å². The summed E-state index contributed by atoms with van der Waals surface area (Å²) in [6.45, 7) is 11.5. The minimum atomic E-state index is -1.13. The van der Waals surface area contributed by atoms with Gasteiger partial charge < -0.3 is 20.0 Å². The molecule has 9 nitrogen and oxygen atoms in total. The van der Waals surface area contributed by atoms with Crippen molar-refractivity contribution in [2.45, 2.75) is 50.6 Å². The van der Waals surface area contributed by atoms with Gasteiger partial charge in [-0.15, -0.1) is 11.8 Å². The second-order valence-corrected chi connectivity index (χ2v) is 12.5. The summed E-state index contributed by atoms with van der Waals surface area (Å²) in [7, 11) is 0. The summed E-state index contributed by atoms with van der Waals surface area (Å²) in [5, 5.41) is 21.5. The number of thioether (sulfide) groups is 1. The van der Waals surface area contributed by atoms with Crippen LogP contribution in [0.2, 0.25) is 0 Å². The lowest BCUT2D eigenvalue weighted by molar-refractivity contribution is -0.128. The Bertz CT molecular complexity index is 1910. The number of aromatic nitrogens is 3. The molecule has 2 aliphatic heterocycles. The van der Waals surface area contributed by atoms with Crippen molar-refractivity contribution < 1.29 is 23.8 Å². The Kier molecular flexibility index (Phi) is 7.35. The van der Waals surface area contributed by atoms with E-state index >= 15 is 8.78 Å². The number of benzene rings is 2. The van der Waals surface area contributed by atoms with E-state index in [1.165, 1.54) is 24.3 Å². The van der Waals surface area contributed by atoms with Gasteiger partial charge in [0.05, 0.1) is 44.3 Å². The smallest absolute Gasteiger partial charge is 0.354 e. The van der Waals surface area contributed by atoms with Gasteiger partial charge in [0.2, 0.25) is 5.91 Å². The number of hydrogen-bond acceptors (Lipinski definition) is 8. The molecule has 2 aromatic carbocycles. The van der Waals surface area contributed by atoms with Crippen molar-refractivity contribution in [1.82, 2.24) is 19.4 Å². The van der Waals surface area contributed by atoms with Gasteiger partial charge in [-0.2, -0.15) is 4.98 Å². The van der Waals surface area contributed by atoms with Gasteiger partial charge in [-0.3, -0.25) is 14.3 Å². The summed E-state index contributed by atoms with van der Waals surface area (Å²) in [6.07, 6.45) is 2.85. The van der Waals surface area contributed by atoms with E-state index in [9.17, 15) is 19.8 Å². The van der Waals surface area contributed by atoms with Crippen LogP contribution in [0.5, 0.6) is 11.5 Å². The summed E-state index contributed by atoms with van der Waals surface area (Å²) in [4.78, 5) is 39.3. The highest BCUT2D eigenvalue weighted by molar-refractivity contribution is 7.99. The summed E-state index contributed by atoms with van der Waals surface area (Å²) >= 11 is 1.11. The number of pyridine rings is 1. The first-order chi connectivity index (χ1) is 21.0. The van der Waals surface area contributed by atoms with Crippen LogP contribution in [0.25, 0.3) is 27.7 Å². The number of phenols is 2. The van der Waals surface area contributed by atoms with Gasteiger partial charge in [-0.05, 0) is 49.6 Å². The van der Waals surface area contributed by atoms with Crippen LogP contribution in [0.3, 0.4) is 0 Å². The first-order valence-corrected chi connectivity index (χ1v) is 15.2. The number of halogens is 2. The Balaban J connectivity index is 1.77. The van der Waals surface area contributed by atoms with E-state index in [-0.39, 0.29) is 64.4 Å². The maximum Gasteiger partial charge on any atom is 0.354 e. The highest BCUT2D eigenvalue weighted by Gasteiger charge is 2.40. The van der Waals surface area contributed by atoms with Crippen molar-refractivity contribution in [1.29, 1.82) is 0 Å². The Morgan fingerprint density at radius 2 is 1.84 bits per heavy atom. The number of carbonyl (C=O) groups is 1. The average Bonchev–Trinajstić information content (AvgIpc) is 3.13.